The molecule has 0 spiro atoms. The van der Waals surface area contributed by atoms with E-state index in [1.165, 1.54) is 6.20 Å². The van der Waals surface area contributed by atoms with Crippen LogP contribution in [0.25, 0.3) is 17.0 Å². The molecule has 1 unspecified atom stereocenters. The van der Waals surface area contributed by atoms with Gasteiger partial charge in [0.25, 0.3) is 0 Å². The average Bonchev–Trinajstić information content (AvgIpc) is 3.40. The van der Waals surface area contributed by atoms with Gasteiger partial charge in [0.05, 0.1) is 24.2 Å². The van der Waals surface area contributed by atoms with Crippen LogP contribution in [0.15, 0.2) is 75.9 Å². The number of nitrogens with one attached hydrogen (secondary N) is 1. The van der Waals surface area contributed by atoms with Crippen molar-refractivity contribution in [3.05, 3.63) is 83.4 Å². The highest BCUT2D eigenvalue weighted by atomic mass is 16.6. The van der Waals surface area contributed by atoms with E-state index in [0.717, 1.165) is 28.0 Å². The van der Waals surface area contributed by atoms with Crippen LogP contribution in [0.2, 0.25) is 0 Å². The molecule has 8 nitrogen and oxygen atoms in total. The average molecular weight is 472 g/mol. The van der Waals surface area contributed by atoms with Crippen LogP contribution in [0.4, 0.5) is 4.79 Å². The molecule has 8 heteroatoms. The SMILES string of the molecule is CC1=NCC(c2ccc(-c3ncc(C4(C(=O)O)CC4)o3)cc2)=C1NC(=O)OC(C)c1ccccc1. The summed E-state index contributed by atoms with van der Waals surface area (Å²) in [6.45, 7) is 4.12. The molecule has 0 radical (unpaired) electrons. The molecule has 35 heavy (non-hydrogen) atoms. The number of allylic oxidation sites excluding steroid dienone is 1. The summed E-state index contributed by atoms with van der Waals surface area (Å²) >= 11 is 0. The summed E-state index contributed by atoms with van der Waals surface area (Å²) in [4.78, 5) is 32.9. The lowest BCUT2D eigenvalue weighted by Gasteiger charge is -2.16. The van der Waals surface area contributed by atoms with Gasteiger partial charge in [0.1, 0.15) is 17.3 Å². The second-order valence-electron chi connectivity index (χ2n) is 8.83. The largest absolute Gasteiger partial charge is 0.480 e. The van der Waals surface area contributed by atoms with Gasteiger partial charge in [0.2, 0.25) is 5.89 Å². The zero-order chi connectivity index (χ0) is 24.6. The molecule has 1 atom stereocenters. The fraction of sp³-hybridized carbons (Fsp3) is 0.259. The Morgan fingerprint density at radius 1 is 1.09 bits per heavy atom. The van der Waals surface area contributed by atoms with Crippen molar-refractivity contribution >= 4 is 23.3 Å². The third kappa shape index (κ3) is 4.35. The minimum atomic E-state index is -0.929. The Morgan fingerprint density at radius 3 is 2.43 bits per heavy atom. The van der Waals surface area contributed by atoms with Gasteiger partial charge in [0.15, 0.2) is 0 Å². The van der Waals surface area contributed by atoms with Crippen molar-refractivity contribution in [1.82, 2.24) is 10.3 Å². The lowest BCUT2D eigenvalue weighted by atomic mass is 10.0. The number of hydrogen-bond donors (Lipinski definition) is 2. The topological polar surface area (TPSA) is 114 Å². The predicted molar refractivity (Wildman–Crippen MR) is 130 cm³/mol. The molecule has 3 aromatic rings. The molecule has 1 saturated carbocycles. The molecule has 1 amide bonds. The summed E-state index contributed by atoms with van der Waals surface area (Å²) in [5.41, 5.74) is 3.87. The number of carboxylic acids is 1. The van der Waals surface area contributed by atoms with Gasteiger partial charge in [-0.15, -0.1) is 0 Å². The molecule has 0 saturated heterocycles. The first-order valence-corrected chi connectivity index (χ1v) is 11.4. The van der Waals surface area contributed by atoms with Crippen LogP contribution in [0.3, 0.4) is 0 Å². The van der Waals surface area contributed by atoms with Crippen LogP contribution in [-0.2, 0) is 14.9 Å². The highest BCUT2D eigenvalue weighted by molar-refractivity contribution is 6.10. The van der Waals surface area contributed by atoms with Gasteiger partial charge in [-0.1, -0.05) is 42.5 Å². The molecule has 1 aromatic heterocycles. The number of rotatable bonds is 7. The van der Waals surface area contributed by atoms with Gasteiger partial charge in [-0.25, -0.2) is 9.78 Å². The lowest BCUT2D eigenvalue weighted by Crippen LogP contribution is -2.27. The van der Waals surface area contributed by atoms with E-state index in [0.29, 0.717) is 36.7 Å². The van der Waals surface area contributed by atoms with Crippen LogP contribution in [0, 0.1) is 0 Å². The third-order valence-corrected chi connectivity index (χ3v) is 6.53. The maximum atomic E-state index is 12.6. The molecule has 5 rings (SSSR count). The standard InChI is InChI=1S/C27H25N3O5/c1-16-23(30-26(33)34-17(2)18-6-4-3-5-7-18)21(14-28-16)19-8-10-20(11-9-19)24-29-15-22(35-24)27(12-13-27)25(31)32/h3-11,15,17H,12-14H2,1-2H3,(H,30,33)(H,31,32). The number of aromatic nitrogens is 1. The Kier molecular flexibility index (Phi) is 5.72. The second kappa shape index (κ2) is 8.87. The van der Waals surface area contributed by atoms with E-state index in [2.05, 4.69) is 15.3 Å². The maximum Gasteiger partial charge on any atom is 0.412 e. The Labute approximate surface area is 202 Å². The predicted octanol–water partition coefficient (Wildman–Crippen LogP) is 5.13. The van der Waals surface area contributed by atoms with Crippen LogP contribution >= 0.6 is 0 Å². The van der Waals surface area contributed by atoms with Crippen LogP contribution in [0.5, 0.6) is 0 Å². The van der Waals surface area contributed by atoms with E-state index in [1.54, 1.807) is 0 Å². The van der Waals surface area contributed by atoms with Gasteiger partial charge in [-0.2, -0.15) is 0 Å². The summed E-state index contributed by atoms with van der Waals surface area (Å²) < 4.78 is 11.3. The number of alkyl carbamates (subject to hydrolysis) is 1. The summed E-state index contributed by atoms with van der Waals surface area (Å²) in [6, 6.07) is 17.1. The number of hydrogen-bond acceptors (Lipinski definition) is 6. The first-order valence-electron chi connectivity index (χ1n) is 11.4. The number of carbonyl (C=O) groups excluding carboxylic acids is 1. The van der Waals surface area contributed by atoms with Gasteiger partial charge in [-0.05, 0) is 49.9 Å². The normalized spacial score (nSPS) is 17.0. The molecule has 1 aliphatic carbocycles. The summed E-state index contributed by atoms with van der Waals surface area (Å²) in [7, 11) is 0. The maximum absolute atomic E-state index is 12.6. The number of nitrogens with zero attached hydrogens (tertiary/aromatic N) is 2. The zero-order valence-electron chi connectivity index (χ0n) is 19.4. The Morgan fingerprint density at radius 2 is 1.77 bits per heavy atom. The van der Waals surface area contributed by atoms with Crippen molar-refractivity contribution in [3.63, 3.8) is 0 Å². The second-order valence-corrected chi connectivity index (χ2v) is 8.83. The Hall–Kier alpha value is -4.20. The van der Waals surface area contributed by atoms with Crippen molar-refractivity contribution in [1.29, 1.82) is 0 Å². The van der Waals surface area contributed by atoms with Crippen molar-refractivity contribution in [2.24, 2.45) is 4.99 Å². The summed E-state index contributed by atoms with van der Waals surface area (Å²) in [5.74, 6) is -0.110. The van der Waals surface area contributed by atoms with E-state index in [1.807, 2.05) is 68.4 Å². The smallest absolute Gasteiger partial charge is 0.412 e. The number of oxazole rings is 1. The van der Waals surface area contributed by atoms with Crippen molar-refractivity contribution in [3.8, 4) is 11.5 Å². The van der Waals surface area contributed by atoms with Crippen LogP contribution in [0.1, 0.15) is 49.7 Å². The molecule has 1 fully saturated rings. The molecule has 178 valence electrons. The van der Waals surface area contributed by atoms with E-state index >= 15 is 0 Å². The minimum absolute atomic E-state index is 0.378. The quantitative estimate of drug-likeness (QED) is 0.494. The van der Waals surface area contributed by atoms with E-state index in [4.69, 9.17) is 9.15 Å². The Balaban J connectivity index is 1.31. The number of ether oxygens (including phenoxy) is 1. The highest BCUT2D eigenvalue weighted by Crippen LogP contribution is 2.49. The van der Waals surface area contributed by atoms with Crippen molar-refractivity contribution < 1.29 is 23.8 Å². The molecular formula is C27H25N3O5. The van der Waals surface area contributed by atoms with Gasteiger partial charge in [-0.3, -0.25) is 15.1 Å². The van der Waals surface area contributed by atoms with E-state index < -0.39 is 17.5 Å². The molecular weight excluding hydrogens is 446 g/mol. The monoisotopic (exact) mass is 471 g/mol. The van der Waals surface area contributed by atoms with Gasteiger partial charge in [0, 0.05) is 11.1 Å². The van der Waals surface area contributed by atoms with E-state index in [9.17, 15) is 14.7 Å². The lowest BCUT2D eigenvalue weighted by molar-refractivity contribution is -0.140. The van der Waals surface area contributed by atoms with Crippen LogP contribution in [-0.4, -0.2) is 34.4 Å². The number of aliphatic imine (C=N–C) groups is 1. The molecule has 0 bridgehead atoms. The molecule has 1 aliphatic heterocycles. The fourth-order valence-electron chi connectivity index (χ4n) is 4.19. The molecule has 2 aliphatic rings. The van der Waals surface area contributed by atoms with Crippen molar-refractivity contribution in [2.45, 2.75) is 38.2 Å². The van der Waals surface area contributed by atoms with Gasteiger partial charge >= 0.3 is 12.1 Å². The zero-order valence-corrected chi connectivity index (χ0v) is 19.4. The first kappa shape index (κ1) is 22.6. The third-order valence-electron chi connectivity index (χ3n) is 6.53. The number of benzene rings is 2. The number of carboxylic acid groups (broad SMARTS) is 1. The highest BCUT2D eigenvalue weighted by Gasteiger charge is 2.55. The van der Waals surface area contributed by atoms with Crippen molar-refractivity contribution in [2.75, 3.05) is 6.54 Å². The first-order chi connectivity index (χ1) is 16.9. The molecule has 2 N–H and O–H groups in total. The fourth-order valence-corrected chi connectivity index (χ4v) is 4.19. The summed E-state index contributed by atoms with van der Waals surface area (Å²) in [6.07, 6.45) is 1.70. The van der Waals surface area contributed by atoms with Crippen LogP contribution < -0.4 is 5.32 Å². The number of carbonyl (C=O) groups is 2. The summed E-state index contributed by atoms with van der Waals surface area (Å²) in [5, 5.41) is 12.3. The number of aliphatic carboxylic acids is 1. The number of amides is 1. The van der Waals surface area contributed by atoms with Gasteiger partial charge < -0.3 is 14.3 Å². The molecule has 2 heterocycles. The Bertz CT molecular complexity index is 1330. The van der Waals surface area contributed by atoms with E-state index in [-0.39, 0.29) is 6.10 Å². The minimum Gasteiger partial charge on any atom is -0.480 e. The molecule has 2 aromatic carbocycles.